The summed E-state index contributed by atoms with van der Waals surface area (Å²) in [6.07, 6.45) is 3.20. The van der Waals surface area contributed by atoms with E-state index < -0.39 is 6.03 Å². The molecule has 0 radical (unpaired) electrons. The summed E-state index contributed by atoms with van der Waals surface area (Å²) in [5.74, 6) is 0.915. The third-order valence-corrected chi connectivity index (χ3v) is 3.55. The number of urea groups is 1. The van der Waals surface area contributed by atoms with Crippen molar-refractivity contribution in [3.63, 3.8) is 0 Å². The molecule has 0 aromatic rings. The number of hydrogen-bond donors (Lipinski definition) is 2. The largest absolute Gasteiger partial charge is 0.350 e. The molecule has 2 rings (SSSR count). The van der Waals surface area contributed by atoms with Crippen molar-refractivity contribution in [3.8, 4) is 0 Å². The average Bonchev–Trinajstić information content (AvgIpc) is 2.58. The maximum Gasteiger partial charge on any atom is 0.332 e. The summed E-state index contributed by atoms with van der Waals surface area (Å²) < 4.78 is 0. The van der Waals surface area contributed by atoms with Crippen LogP contribution in [0.2, 0.25) is 0 Å². The monoisotopic (exact) mass is 201 g/mol. The molecule has 2 fully saturated rings. The Morgan fingerprint density at radius 2 is 2.38 bits per heavy atom. The van der Waals surface area contributed by atoms with Gasteiger partial charge in [0.2, 0.25) is 0 Å². The van der Waals surface area contributed by atoms with Crippen LogP contribution < -0.4 is 11.2 Å². The average molecular weight is 202 g/mol. The Balaban J connectivity index is 2.04. The van der Waals surface area contributed by atoms with Crippen LogP contribution in [0.15, 0.2) is 5.10 Å². The number of nitrogens with two attached hydrogens (primary N) is 1. The Labute approximate surface area is 81.5 Å². The normalized spacial score (nSPS) is 39.8. The molecule has 2 saturated carbocycles. The zero-order chi connectivity index (χ0) is 9.42. The van der Waals surface area contributed by atoms with E-state index in [-0.39, 0.29) is 5.38 Å². The lowest BCUT2D eigenvalue weighted by Crippen LogP contribution is -2.27. The van der Waals surface area contributed by atoms with E-state index in [1.165, 1.54) is 6.42 Å². The molecular weight excluding hydrogens is 190 g/mol. The van der Waals surface area contributed by atoms with Crippen molar-refractivity contribution in [2.45, 2.75) is 24.6 Å². The van der Waals surface area contributed by atoms with Crippen LogP contribution in [0.5, 0.6) is 0 Å². The number of carbonyl (C=O) groups is 1. The van der Waals surface area contributed by atoms with E-state index in [1.807, 2.05) is 0 Å². The summed E-state index contributed by atoms with van der Waals surface area (Å²) in [5.41, 5.74) is 8.18. The highest BCUT2D eigenvalue weighted by Crippen LogP contribution is 2.45. The van der Waals surface area contributed by atoms with Gasteiger partial charge in [-0.05, 0) is 25.2 Å². The molecular formula is C8H12ClN3O. The first-order chi connectivity index (χ1) is 6.18. The van der Waals surface area contributed by atoms with Crippen molar-refractivity contribution < 1.29 is 4.79 Å². The lowest BCUT2D eigenvalue weighted by molar-refractivity contribution is 0.249. The molecule has 2 amide bonds. The molecule has 0 spiro atoms. The third kappa shape index (κ3) is 1.50. The van der Waals surface area contributed by atoms with Crippen molar-refractivity contribution in [1.29, 1.82) is 0 Å². The van der Waals surface area contributed by atoms with Gasteiger partial charge >= 0.3 is 6.03 Å². The molecule has 13 heavy (non-hydrogen) atoms. The lowest BCUT2D eigenvalue weighted by atomic mass is 9.99. The quantitative estimate of drug-likeness (QED) is 0.483. The summed E-state index contributed by atoms with van der Waals surface area (Å²) in [7, 11) is 0. The van der Waals surface area contributed by atoms with Gasteiger partial charge in [-0.1, -0.05) is 0 Å². The maximum absolute atomic E-state index is 10.4. The van der Waals surface area contributed by atoms with Crippen LogP contribution in [0.25, 0.3) is 0 Å². The third-order valence-electron chi connectivity index (χ3n) is 2.89. The van der Waals surface area contributed by atoms with Crippen LogP contribution in [-0.4, -0.2) is 17.1 Å². The molecule has 3 N–H and O–H groups in total. The fraction of sp³-hybridized carbons (Fsp3) is 0.750. The Hall–Kier alpha value is -0.770. The van der Waals surface area contributed by atoms with Crippen molar-refractivity contribution in [2.24, 2.45) is 22.7 Å². The molecule has 2 aliphatic rings. The molecule has 0 heterocycles. The molecule has 0 aromatic carbocycles. The number of alkyl halides is 1. The number of nitrogens with zero attached hydrogens (tertiary/aromatic N) is 1. The summed E-state index contributed by atoms with van der Waals surface area (Å²) in [6.45, 7) is 0. The van der Waals surface area contributed by atoms with E-state index in [1.54, 1.807) is 0 Å². The number of hydrogen-bond acceptors (Lipinski definition) is 2. The summed E-state index contributed by atoms with van der Waals surface area (Å²) >= 11 is 6.16. The van der Waals surface area contributed by atoms with Crippen LogP contribution in [0.3, 0.4) is 0 Å². The standard InChI is InChI=1S/C8H12ClN3O/c9-7-4-1-2-5(7)6(3-4)11-12-8(10)13/h4-5,7H,1-3H2,(H3,10,12,13)/b11-6-/t4-,5+,7+/m0/s1. The number of carbonyl (C=O) groups excluding carboxylic acids is 1. The Bertz CT molecular complexity index is 266. The van der Waals surface area contributed by atoms with Gasteiger partial charge in [0, 0.05) is 17.0 Å². The number of hydrazone groups is 1. The number of halogens is 1. The minimum Gasteiger partial charge on any atom is -0.350 e. The molecule has 4 nitrogen and oxygen atoms in total. The molecule has 2 aliphatic carbocycles. The lowest BCUT2D eigenvalue weighted by Gasteiger charge is -2.10. The number of fused-ring (bicyclic) bond motifs is 2. The predicted molar refractivity (Wildman–Crippen MR) is 50.6 cm³/mol. The minimum atomic E-state index is -0.610. The van der Waals surface area contributed by atoms with Gasteiger partial charge in [-0.25, -0.2) is 10.2 Å². The van der Waals surface area contributed by atoms with Crippen LogP contribution in [0.1, 0.15) is 19.3 Å². The first-order valence-corrected chi connectivity index (χ1v) is 4.88. The number of amides is 2. The second-order valence-corrected chi connectivity index (χ2v) is 4.18. The highest BCUT2D eigenvalue weighted by Gasteiger charge is 2.45. The Morgan fingerprint density at radius 3 is 2.85 bits per heavy atom. The highest BCUT2D eigenvalue weighted by molar-refractivity contribution is 6.24. The molecule has 2 bridgehead atoms. The summed E-state index contributed by atoms with van der Waals surface area (Å²) in [5, 5.41) is 4.18. The van der Waals surface area contributed by atoms with Gasteiger partial charge in [-0.3, -0.25) is 0 Å². The van der Waals surface area contributed by atoms with Crippen molar-refractivity contribution >= 4 is 23.3 Å². The van der Waals surface area contributed by atoms with Crippen molar-refractivity contribution in [3.05, 3.63) is 0 Å². The van der Waals surface area contributed by atoms with Crippen LogP contribution in [0, 0.1) is 11.8 Å². The molecule has 3 atom stereocenters. The zero-order valence-corrected chi connectivity index (χ0v) is 7.92. The molecule has 0 saturated heterocycles. The second-order valence-electron chi connectivity index (χ2n) is 3.67. The van der Waals surface area contributed by atoms with E-state index in [9.17, 15) is 4.79 Å². The van der Waals surface area contributed by atoms with E-state index in [4.69, 9.17) is 17.3 Å². The van der Waals surface area contributed by atoms with Crippen molar-refractivity contribution in [1.82, 2.24) is 5.43 Å². The number of nitrogens with one attached hydrogen (secondary N) is 1. The van der Waals surface area contributed by atoms with Crippen molar-refractivity contribution in [2.75, 3.05) is 0 Å². The second kappa shape index (κ2) is 3.18. The molecule has 72 valence electrons. The first-order valence-electron chi connectivity index (χ1n) is 4.44. The van der Waals surface area contributed by atoms with Gasteiger partial charge in [0.1, 0.15) is 0 Å². The summed E-state index contributed by atoms with van der Waals surface area (Å²) in [4.78, 5) is 10.4. The minimum absolute atomic E-state index is 0.216. The molecule has 0 aliphatic heterocycles. The zero-order valence-electron chi connectivity index (χ0n) is 7.16. The van der Waals surface area contributed by atoms with Crippen LogP contribution in [0.4, 0.5) is 4.79 Å². The number of rotatable bonds is 1. The van der Waals surface area contributed by atoms with E-state index in [0.29, 0.717) is 11.8 Å². The fourth-order valence-electron chi connectivity index (χ4n) is 2.28. The molecule has 0 unspecified atom stereocenters. The first kappa shape index (κ1) is 8.81. The smallest absolute Gasteiger partial charge is 0.332 e. The maximum atomic E-state index is 10.4. The van der Waals surface area contributed by atoms with Gasteiger partial charge < -0.3 is 5.73 Å². The molecule has 0 aromatic heterocycles. The Morgan fingerprint density at radius 1 is 1.62 bits per heavy atom. The molecule has 5 heteroatoms. The SMILES string of the molecule is NC(=O)N/N=C1/C[C@@H]2CC[C@H]1[C@@H]2Cl. The van der Waals surface area contributed by atoms with E-state index in [2.05, 4.69) is 10.5 Å². The van der Waals surface area contributed by atoms with E-state index >= 15 is 0 Å². The van der Waals surface area contributed by atoms with Gasteiger partial charge in [0.25, 0.3) is 0 Å². The van der Waals surface area contributed by atoms with Crippen LogP contribution >= 0.6 is 11.6 Å². The number of primary amides is 1. The highest BCUT2D eigenvalue weighted by atomic mass is 35.5. The fourth-order valence-corrected chi connectivity index (χ4v) is 2.77. The Kier molecular flexibility index (Phi) is 2.15. The van der Waals surface area contributed by atoms with Gasteiger partial charge in [-0.2, -0.15) is 5.10 Å². The predicted octanol–water partition coefficient (Wildman–Crippen LogP) is 1.05. The van der Waals surface area contributed by atoms with Gasteiger partial charge in [-0.15, -0.1) is 11.6 Å². The topological polar surface area (TPSA) is 67.5 Å². The van der Waals surface area contributed by atoms with Gasteiger partial charge in [0.05, 0.1) is 0 Å². The van der Waals surface area contributed by atoms with Gasteiger partial charge in [0.15, 0.2) is 0 Å². The summed E-state index contributed by atoms with van der Waals surface area (Å²) in [6, 6.07) is -0.610. The van der Waals surface area contributed by atoms with Crippen LogP contribution in [-0.2, 0) is 0 Å². The van der Waals surface area contributed by atoms with E-state index in [0.717, 1.165) is 18.6 Å².